The Morgan fingerprint density at radius 1 is 0.549 bits per heavy atom. The maximum Gasteiger partial charge on any atom is 0.407 e. The van der Waals surface area contributed by atoms with Gasteiger partial charge in [0.25, 0.3) is 0 Å². The molecule has 0 aliphatic carbocycles. The summed E-state index contributed by atoms with van der Waals surface area (Å²) in [6.07, 6.45) is 5.72. The molecule has 2 fully saturated rings. The largest absolute Gasteiger partial charge is 0.464 e. The van der Waals surface area contributed by atoms with Crippen LogP contribution in [0.5, 0.6) is 0 Å². The van der Waals surface area contributed by atoms with Crippen LogP contribution in [0.25, 0.3) is 12.2 Å². The van der Waals surface area contributed by atoms with Crippen LogP contribution in [0.1, 0.15) is 52.7 Å². The lowest BCUT2D eigenvalue weighted by molar-refractivity contribution is -0.159. The predicted octanol–water partition coefficient (Wildman–Crippen LogP) is 6.33. The van der Waals surface area contributed by atoms with Crippen molar-refractivity contribution in [2.75, 3.05) is 57.9 Å². The average molecular weight is 1030 g/mol. The molecule has 2 aliphatic heterocycles. The molecule has 18 nitrogen and oxygen atoms in total. The average Bonchev–Trinajstić information content (AvgIpc) is 3.90. The highest BCUT2D eigenvalue weighted by Gasteiger charge is 2.53. The molecule has 71 heavy (non-hydrogen) atoms. The first kappa shape index (κ1) is 61.4. The molecule has 4 rings (SSSR count). The van der Waals surface area contributed by atoms with Gasteiger partial charge in [-0.15, -0.1) is 36.4 Å². The molecule has 0 aromatic heterocycles. The molecule has 2 amide bonds. The summed E-state index contributed by atoms with van der Waals surface area (Å²) in [5.74, 6) is -6.33. The molecule has 2 aromatic rings. The van der Waals surface area contributed by atoms with Crippen LogP contribution in [0, 0.1) is 23.7 Å². The van der Waals surface area contributed by atoms with Crippen LogP contribution >= 0.6 is 23.2 Å². The van der Waals surface area contributed by atoms with Crippen molar-refractivity contribution in [1.29, 1.82) is 0 Å². The maximum absolute atomic E-state index is 13.3. The maximum atomic E-state index is 13.3. The quantitative estimate of drug-likeness (QED) is 0.0372. The number of esters is 4. The van der Waals surface area contributed by atoms with Crippen LogP contribution in [-0.4, -0.2) is 130 Å². The number of benzene rings is 2. The minimum Gasteiger partial charge on any atom is -0.464 e. The molecule has 0 spiro atoms. The van der Waals surface area contributed by atoms with Crippen LogP contribution in [0.2, 0.25) is 0 Å². The second kappa shape index (κ2) is 32.3. The zero-order valence-electron chi connectivity index (χ0n) is 41.3. The second-order valence-electron chi connectivity index (χ2n) is 17.5. The first-order valence-electron chi connectivity index (χ1n) is 22.9. The van der Waals surface area contributed by atoms with Gasteiger partial charge >= 0.3 is 36.1 Å². The highest BCUT2D eigenvalue weighted by Crippen LogP contribution is 2.38. The topological polar surface area (TPSA) is 252 Å². The fourth-order valence-corrected chi connectivity index (χ4v) is 6.86. The molecule has 2 saturated heterocycles. The number of nitrogens with one attached hydrogen (secondary N) is 2. The van der Waals surface area contributed by atoms with Crippen molar-refractivity contribution in [3.05, 3.63) is 109 Å². The Balaban J connectivity index is 0.000000496. The number of nitrogens with two attached hydrogens (primary N) is 2. The monoisotopic (exact) mass is 1030 g/mol. The second-order valence-corrected chi connectivity index (χ2v) is 18.3. The third-order valence-corrected chi connectivity index (χ3v) is 9.68. The van der Waals surface area contributed by atoms with E-state index in [4.69, 9.17) is 72.6 Å². The van der Waals surface area contributed by atoms with E-state index in [1.54, 1.807) is 59.8 Å². The van der Waals surface area contributed by atoms with E-state index in [2.05, 4.69) is 23.8 Å². The summed E-state index contributed by atoms with van der Waals surface area (Å²) in [7, 11) is 0. The van der Waals surface area contributed by atoms with E-state index < -0.39 is 95.4 Å². The molecule has 20 heteroatoms. The Labute approximate surface area is 426 Å². The molecule has 0 bridgehead atoms. The smallest absolute Gasteiger partial charge is 0.407 e. The number of hydrogen-bond acceptors (Lipinski definition) is 16. The van der Waals surface area contributed by atoms with Crippen molar-refractivity contribution >= 4 is 71.4 Å². The minimum atomic E-state index is -1.05. The summed E-state index contributed by atoms with van der Waals surface area (Å²) >= 11 is 9.53. The molecule has 2 aliphatic rings. The van der Waals surface area contributed by atoms with Crippen molar-refractivity contribution in [3.63, 3.8) is 0 Å². The predicted molar refractivity (Wildman–Crippen MR) is 270 cm³/mol. The van der Waals surface area contributed by atoms with Gasteiger partial charge in [-0.3, -0.25) is 19.2 Å². The third-order valence-electron chi connectivity index (χ3n) is 9.68. The van der Waals surface area contributed by atoms with Gasteiger partial charge in [-0.05, 0) is 52.7 Å². The van der Waals surface area contributed by atoms with Gasteiger partial charge in [-0.2, -0.15) is 0 Å². The van der Waals surface area contributed by atoms with Crippen LogP contribution in [0.15, 0.2) is 98.1 Å². The Morgan fingerprint density at radius 3 is 1.13 bits per heavy atom. The molecule has 0 radical (unpaired) electrons. The molecule has 8 unspecified atom stereocenters. The molecule has 2 aromatic carbocycles. The van der Waals surface area contributed by atoms with E-state index in [1.807, 2.05) is 66.7 Å². The Kier molecular flexibility index (Phi) is 27.9. The lowest BCUT2D eigenvalue weighted by Gasteiger charge is -2.21. The molecule has 8 atom stereocenters. The van der Waals surface area contributed by atoms with Crippen LogP contribution in [0.4, 0.5) is 9.59 Å². The minimum absolute atomic E-state index is 0.00901. The van der Waals surface area contributed by atoms with Crippen LogP contribution in [-0.2, 0) is 57.1 Å². The lowest BCUT2D eigenvalue weighted by atomic mass is 9.86. The first-order chi connectivity index (χ1) is 33.7. The fourth-order valence-electron chi connectivity index (χ4n) is 6.86. The SMILES string of the molecule is C=CC1OC(/C=C/c2ccccc2)C(C(=O)OCCN)C1C(=O)OCCN.C=CC1OC(/C=C/c2ccccc2)C(C(=O)OCCNC(=O)OC(C)(C)C)C1C(=O)OCCNC(=O)OC(C)(C)C.ClCCl. The van der Waals surface area contributed by atoms with Crippen LogP contribution < -0.4 is 22.1 Å². The number of rotatable bonds is 20. The number of ether oxygens (including phenoxy) is 8. The van der Waals surface area contributed by atoms with E-state index in [1.165, 1.54) is 12.2 Å². The third kappa shape index (κ3) is 22.9. The van der Waals surface area contributed by atoms with Crippen LogP contribution in [0.3, 0.4) is 0 Å². The van der Waals surface area contributed by atoms with Gasteiger partial charge in [0.05, 0.1) is 42.8 Å². The fraction of sp³-hybridized carbons (Fsp3) is 0.490. The number of alkyl carbamates (subject to hydrolysis) is 2. The normalized spacial score (nSPS) is 21.5. The molecule has 6 N–H and O–H groups in total. The number of carbonyl (C=O) groups excluding carboxylic acids is 6. The standard InChI is InChI=1S/C30H42N2O9.C20H26N2O5.CH2Cl2/c1-8-21-23(25(33)37-18-16-31-27(35)40-29(2,3)4)24(22(39-21)15-14-20-12-10-9-11-13-20)26(34)38-19-17-32-28(36)41-30(5,6)7;1-2-15-17(19(23)25-12-10-21)18(20(24)26-13-11-22)16(27-15)9-8-14-6-4-3-5-7-14;2-1-3/h8-15,21-24H,1,16-19H2,2-7H3,(H,31,35)(H,32,36);2-9,15-18H,1,10-13,21-22H2;1H2/b15-14+;9-8+;. The molecule has 2 heterocycles. The van der Waals surface area contributed by atoms with Crippen molar-refractivity contribution in [2.24, 2.45) is 35.1 Å². The summed E-state index contributed by atoms with van der Waals surface area (Å²) in [6, 6.07) is 19.0. The number of amides is 2. The van der Waals surface area contributed by atoms with E-state index in [0.29, 0.717) is 0 Å². The van der Waals surface area contributed by atoms with E-state index in [-0.39, 0.29) is 57.9 Å². The highest BCUT2D eigenvalue weighted by atomic mass is 35.5. The Bertz CT molecular complexity index is 2050. The van der Waals surface area contributed by atoms with Gasteiger partial charge in [0, 0.05) is 13.1 Å². The van der Waals surface area contributed by atoms with Gasteiger partial charge in [0.1, 0.15) is 61.3 Å². The Morgan fingerprint density at radius 2 is 0.845 bits per heavy atom. The van der Waals surface area contributed by atoms with Crippen molar-refractivity contribution in [1.82, 2.24) is 10.6 Å². The number of hydrogen-bond donors (Lipinski definition) is 4. The number of halogens is 2. The number of alkyl halides is 2. The van der Waals surface area contributed by atoms with E-state index in [9.17, 15) is 28.8 Å². The highest BCUT2D eigenvalue weighted by molar-refractivity contribution is 6.40. The van der Waals surface area contributed by atoms with Crippen molar-refractivity contribution in [3.8, 4) is 0 Å². The van der Waals surface area contributed by atoms with E-state index in [0.717, 1.165) is 11.1 Å². The summed E-state index contributed by atoms with van der Waals surface area (Å²) in [4.78, 5) is 75.3. The summed E-state index contributed by atoms with van der Waals surface area (Å²) in [6.45, 7) is 18.1. The molecule has 392 valence electrons. The number of carbonyl (C=O) groups is 6. The molecular formula is C51H70Cl2N4O14. The van der Waals surface area contributed by atoms with Crippen molar-refractivity contribution < 1.29 is 66.7 Å². The summed E-state index contributed by atoms with van der Waals surface area (Å²) in [5, 5.41) is 5.22. The van der Waals surface area contributed by atoms with Crippen molar-refractivity contribution in [2.45, 2.75) is 77.2 Å². The lowest BCUT2D eigenvalue weighted by Crippen LogP contribution is -2.39. The zero-order valence-corrected chi connectivity index (χ0v) is 42.8. The molecule has 0 saturated carbocycles. The molecular weight excluding hydrogens is 963 g/mol. The zero-order chi connectivity index (χ0) is 53.0. The Hall–Kier alpha value is -5.76. The van der Waals surface area contributed by atoms with Gasteiger partial charge in [-0.25, -0.2) is 9.59 Å². The first-order valence-corrected chi connectivity index (χ1v) is 24.0. The van der Waals surface area contributed by atoms with Gasteiger partial charge in [0.15, 0.2) is 0 Å². The van der Waals surface area contributed by atoms with Gasteiger partial charge < -0.3 is 60.0 Å². The van der Waals surface area contributed by atoms with E-state index >= 15 is 0 Å². The van der Waals surface area contributed by atoms with Gasteiger partial charge in [-0.1, -0.05) is 97.1 Å². The summed E-state index contributed by atoms with van der Waals surface area (Å²) in [5.41, 5.74) is 11.3. The van der Waals surface area contributed by atoms with Gasteiger partial charge in [0.2, 0.25) is 0 Å². The summed E-state index contributed by atoms with van der Waals surface area (Å²) < 4.78 is 43.4.